The molecule has 0 saturated heterocycles. The molecule has 1 aliphatic carbocycles. The number of esters is 1. The number of rotatable bonds is 4. The fraction of sp³-hybridized carbons (Fsp3) is 0.917. The van der Waals surface area contributed by atoms with Gasteiger partial charge in [-0.25, -0.2) is 0 Å². The van der Waals surface area contributed by atoms with E-state index in [9.17, 15) is 4.79 Å². The summed E-state index contributed by atoms with van der Waals surface area (Å²) >= 11 is 0. The van der Waals surface area contributed by atoms with E-state index in [-0.39, 0.29) is 12.0 Å². The molecule has 88 valence electrons. The fourth-order valence-corrected chi connectivity index (χ4v) is 2.09. The predicted octanol–water partition coefficient (Wildman–Crippen LogP) is 2.24. The van der Waals surface area contributed by atoms with Gasteiger partial charge in [-0.3, -0.25) is 4.79 Å². The van der Waals surface area contributed by atoms with Gasteiger partial charge in [-0.15, -0.1) is 0 Å². The van der Waals surface area contributed by atoms with Crippen LogP contribution in [0.2, 0.25) is 0 Å². The zero-order valence-electron chi connectivity index (χ0n) is 9.92. The SMILES string of the molecule is CCCCOC(=O)C1(C)CCCCC1N. The molecule has 0 bridgehead atoms. The zero-order chi connectivity index (χ0) is 11.3. The molecular formula is C12H23NO2. The average molecular weight is 213 g/mol. The Morgan fingerprint density at radius 3 is 2.87 bits per heavy atom. The lowest BCUT2D eigenvalue weighted by Gasteiger charge is -2.36. The number of unbranched alkanes of at least 4 members (excludes halogenated alkanes) is 1. The van der Waals surface area contributed by atoms with Crippen LogP contribution in [0.3, 0.4) is 0 Å². The first-order valence-electron chi connectivity index (χ1n) is 6.04. The molecule has 2 N–H and O–H groups in total. The normalized spacial score (nSPS) is 31.3. The van der Waals surface area contributed by atoms with Crippen molar-refractivity contribution in [3.8, 4) is 0 Å². The minimum Gasteiger partial charge on any atom is -0.465 e. The fourth-order valence-electron chi connectivity index (χ4n) is 2.09. The molecular weight excluding hydrogens is 190 g/mol. The molecule has 3 heteroatoms. The summed E-state index contributed by atoms with van der Waals surface area (Å²) in [6.07, 6.45) is 6.04. The van der Waals surface area contributed by atoms with Crippen LogP contribution >= 0.6 is 0 Å². The Morgan fingerprint density at radius 2 is 2.27 bits per heavy atom. The van der Waals surface area contributed by atoms with E-state index in [0.29, 0.717) is 6.61 Å². The lowest BCUT2D eigenvalue weighted by atomic mass is 9.72. The van der Waals surface area contributed by atoms with Crippen LogP contribution in [-0.2, 0) is 9.53 Å². The summed E-state index contributed by atoms with van der Waals surface area (Å²) in [6.45, 7) is 4.57. The van der Waals surface area contributed by atoms with Gasteiger partial charge in [0, 0.05) is 6.04 Å². The summed E-state index contributed by atoms with van der Waals surface area (Å²) in [7, 11) is 0. The highest BCUT2D eigenvalue weighted by Crippen LogP contribution is 2.36. The number of ether oxygens (including phenoxy) is 1. The third-order valence-corrected chi connectivity index (χ3v) is 3.48. The number of nitrogens with two attached hydrogens (primary N) is 1. The number of carbonyl (C=O) groups is 1. The van der Waals surface area contributed by atoms with E-state index in [1.165, 1.54) is 0 Å². The molecule has 1 rings (SSSR count). The van der Waals surface area contributed by atoms with Crippen LogP contribution in [-0.4, -0.2) is 18.6 Å². The van der Waals surface area contributed by atoms with E-state index < -0.39 is 5.41 Å². The monoisotopic (exact) mass is 213 g/mol. The lowest BCUT2D eigenvalue weighted by Crippen LogP contribution is -2.48. The molecule has 2 atom stereocenters. The van der Waals surface area contributed by atoms with Crippen molar-refractivity contribution in [2.75, 3.05) is 6.61 Å². The molecule has 0 aromatic heterocycles. The second kappa shape index (κ2) is 5.50. The third-order valence-electron chi connectivity index (χ3n) is 3.48. The van der Waals surface area contributed by atoms with Crippen molar-refractivity contribution in [3.63, 3.8) is 0 Å². The first-order chi connectivity index (χ1) is 7.11. The molecule has 1 aliphatic rings. The zero-order valence-corrected chi connectivity index (χ0v) is 9.92. The minimum atomic E-state index is -0.439. The topological polar surface area (TPSA) is 52.3 Å². The highest BCUT2D eigenvalue weighted by atomic mass is 16.5. The maximum Gasteiger partial charge on any atom is 0.313 e. The Labute approximate surface area is 92.4 Å². The summed E-state index contributed by atoms with van der Waals surface area (Å²) in [6, 6.07) is -0.0274. The molecule has 15 heavy (non-hydrogen) atoms. The molecule has 0 aromatic carbocycles. The average Bonchev–Trinajstić information content (AvgIpc) is 2.23. The van der Waals surface area contributed by atoms with Gasteiger partial charge in [-0.05, 0) is 26.2 Å². The largest absolute Gasteiger partial charge is 0.465 e. The van der Waals surface area contributed by atoms with Gasteiger partial charge >= 0.3 is 5.97 Å². The van der Waals surface area contributed by atoms with Gasteiger partial charge in [0.25, 0.3) is 0 Å². The summed E-state index contributed by atoms with van der Waals surface area (Å²) < 4.78 is 5.28. The third kappa shape index (κ3) is 2.94. The van der Waals surface area contributed by atoms with Gasteiger partial charge in [-0.1, -0.05) is 26.2 Å². The van der Waals surface area contributed by atoms with Crippen molar-refractivity contribution in [1.29, 1.82) is 0 Å². The molecule has 0 spiro atoms. The standard InChI is InChI=1S/C12H23NO2/c1-3-4-9-15-11(14)12(2)8-6-5-7-10(12)13/h10H,3-9,13H2,1-2H3. The maximum absolute atomic E-state index is 11.9. The van der Waals surface area contributed by atoms with E-state index in [1.807, 2.05) is 6.92 Å². The summed E-state index contributed by atoms with van der Waals surface area (Å²) in [5, 5.41) is 0. The quantitative estimate of drug-likeness (QED) is 0.575. The van der Waals surface area contributed by atoms with E-state index >= 15 is 0 Å². The van der Waals surface area contributed by atoms with Crippen molar-refractivity contribution in [1.82, 2.24) is 0 Å². The van der Waals surface area contributed by atoms with Gasteiger partial charge in [0.05, 0.1) is 12.0 Å². The van der Waals surface area contributed by atoms with Crippen LogP contribution < -0.4 is 5.73 Å². The van der Waals surface area contributed by atoms with E-state index in [1.54, 1.807) is 0 Å². The predicted molar refractivity (Wildman–Crippen MR) is 60.4 cm³/mol. The first kappa shape index (κ1) is 12.5. The van der Waals surface area contributed by atoms with Gasteiger partial charge in [0.1, 0.15) is 0 Å². The molecule has 3 nitrogen and oxygen atoms in total. The molecule has 1 saturated carbocycles. The Morgan fingerprint density at radius 1 is 1.53 bits per heavy atom. The van der Waals surface area contributed by atoms with Crippen LogP contribution in [0.25, 0.3) is 0 Å². The van der Waals surface area contributed by atoms with Crippen molar-refractivity contribution in [2.24, 2.45) is 11.1 Å². The van der Waals surface area contributed by atoms with E-state index in [4.69, 9.17) is 10.5 Å². The van der Waals surface area contributed by atoms with Crippen LogP contribution in [0.4, 0.5) is 0 Å². The van der Waals surface area contributed by atoms with Crippen molar-refractivity contribution in [2.45, 2.75) is 58.4 Å². The van der Waals surface area contributed by atoms with Crippen LogP contribution in [0.15, 0.2) is 0 Å². The highest BCUT2D eigenvalue weighted by Gasteiger charge is 2.42. The van der Waals surface area contributed by atoms with E-state index in [0.717, 1.165) is 38.5 Å². The lowest BCUT2D eigenvalue weighted by molar-refractivity contribution is -0.158. The summed E-state index contributed by atoms with van der Waals surface area (Å²) in [5.74, 6) is -0.0943. The van der Waals surface area contributed by atoms with Gasteiger partial charge < -0.3 is 10.5 Å². The van der Waals surface area contributed by atoms with Crippen LogP contribution in [0.5, 0.6) is 0 Å². The Hall–Kier alpha value is -0.570. The van der Waals surface area contributed by atoms with Crippen LogP contribution in [0.1, 0.15) is 52.4 Å². The molecule has 0 aromatic rings. The molecule has 0 radical (unpaired) electrons. The molecule has 0 aliphatic heterocycles. The van der Waals surface area contributed by atoms with Gasteiger partial charge in [0.15, 0.2) is 0 Å². The first-order valence-corrected chi connectivity index (χ1v) is 6.04. The molecule has 0 heterocycles. The second-order valence-electron chi connectivity index (χ2n) is 4.76. The number of hydrogen-bond donors (Lipinski definition) is 1. The molecule has 0 amide bonds. The maximum atomic E-state index is 11.9. The molecule has 2 unspecified atom stereocenters. The number of hydrogen-bond acceptors (Lipinski definition) is 3. The van der Waals surface area contributed by atoms with Crippen molar-refractivity contribution in [3.05, 3.63) is 0 Å². The van der Waals surface area contributed by atoms with Crippen molar-refractivity contribution >= 4 is 5.97 Å². The smallest absolute Gasteiger partial charge is 0.313 e. The Kier molecular flexibility index (Phi) is 4.58. The molecule has 1 fully saturated rings. The Balaban J connectivity index is 2.47. The van der Waals surface area contributed by atoms with Gasteiger partial charge in [-0.2, -0.15) is 0 Å². The van der Waals surface area contributed by atoms with E-state index in [2.05, 4.69) is 6.92 Å². The van der Waals surface area contributed by atoms with Crippen LogP contribution in [0, 0.1) is 5.41 Å². The highest BCUT2D eigenvalue weighted by molar-refractivity contribution is 5.77. The summed E-state index contributed by atoms with van der Waals surface area (Å²) in [5.41, 5.74) is 5.58. The Bertz CT molecular complexity index is 218. The number of carbonyl (C=O) groups excluding carboxylic acids is 1. The van der Waals surface area contributed by atoms with Crippen molar-refractivity contribution < 1.29 is 9.53 Å². The van der Waals surface area contributed by atoms with Gasteiger partial charge in [0.2, 0.25) is 0 Å². The summed E-state index contributed by atoms with van der Waals surface area (Å²) in [4.78, 5) is 11.9. The minimum absolute atomic E-state index is 0.0274. The second-order valence-corrected chi connectivity index (χ2v) is 4.76.